The Morgan fingerprint density at radius 2 is 2.05 bits per heavy atom. The van der Waals surface area contributed by atoms with E-state index in [1.165, 1.54) is 5.56 Å². The number of nitrogens with zero attached hydrogens (tertiary/aromatic N) is 4. The molecule has 0 aliphatic heterocycles. The molecule has 0 amide bonds. The summed E-state index contributed by atoms with van der Waals surface area (Å²) in [7, 11) is 0. The molecule has 2 aromatic rings. The fourth-order valence-corrected chi connectivity index (χ4v) is 2.21. The first-order chi connectivity index (χ1) is 9.58. The van der Waals surface area contributed by atoms with E-state index in [-0.39, 0.29) is 0 Å². The number of hydrogen-bond donors (Lipinski definition) is 1. The number of rotatable bonds is 7. The third-order valence-electron chi connectivity index (χ3n) is 3.12. The lowest BCUT2D eigenvalue weighted by molar-refractivity contribution is 0.481. The minimum atomic E-state index is 0.606. The van der Waals surface area contributed by atoms with Gasteiger partial charge in [0, 0.05) is 37.6 Å². The second-order valence-corrected chi connectivity index (χ2v) is 5.71. The van der Waals surface area contributed by atoms with Crippen molar-refractivity contribution >= 4 is 5.69 Å². The summed E-state index contributed by atoms with van der Waals surface area (Å²) in [6.45, 7) is 11.3. The molecule has 110 valence electrons. The van der Waals surface area contributed by atoms with Gasteiger partial charge >= 0.3 is 0 Å². The maximum Gasteiger partial charge on any atom is 0.0825 e. The van der Waals surface area contributed by atoms with Gasteiger partial charge in [-0.1, -0.05) is 20.8 Å². The third-order valence-corrected chi connectivity index (χ3v) is 3.12. The highest BCUT2D eigenvalue weighted by atomic mass is 15.3. The Balaban J connectivity index is 1.94. The summed E-state index contributed by atoms with van der Waals surface area (Å²) < 4.78 is 4.01. The van der Waals surface area contributed by atoms with Gasteiger partial charge in [-0.15, -0.1) is 0 Å². The molecule has 0 unspecified atom stereocenters. The molecule has 0 aliphatic carbocycles. The highest BCUT2D eigenvalue weighted by Crippen LogP contribution is 2.15. The lowest BCUT2D eigenvalue weighted by atomic mass is 10.2. The molecule has 2 rings (SSSR count). The van der Waals surface area contributed by atoms with Gasteiger partial charge in [0.15, 0.2) is 0 Å². The zero-order valence-corrected chi connectivity index (χ0v) is 12.9. The summed E-state index contributed by atoms with van der Waals surface area (Å²) in [4.78, 5) is 0. The zero-order chi connectivity index (χ0) is 14.5. The molecule has 0 saturated heterocycles. The van der Waals surface area contributed by atoms with Crippen LogP contribution >= 0.6 is 0 Å². The van der Waals surface area contributed by atoms with Gasteiger partial charge < -0.3 is 5.32 Å². The summed E-state index contributed by atoms with van der Waals surface area (Å²) >= 11 is 0. The van der Waals surface area contributed by atoms with E-state index in [2.05, 4.69) is 48.7 Å². The number of hydrogen-bond acceptors (Lipinski definition) is 3. The van der Waals surface area contributed by atoms with Gasteiger partial charge in [0.2, 0.25) is 0 Å². The fourth-order valence-electron chi connectivity index (χ4n) is 2.21. The molecule has 0 aliphatic rings. The predicted octanol–water partition coefficient (Wildman–Crippen LogP) is 3.07. The van der Waals surface area contributed by atoms with Crippen LogP contribution in [0, 0.1) is 12.8 Å². The SMILES string of the molecule is CCCn1cc(CNc2cn(CC(C)C)nc2C)cn1. The summed E-state index contributed by atoms with van der Waals surface area (Å²) in [5, 5.41) is 12.3. The Morgan fingerprint density at radius 1 is 1.25 bits per heavy atom. The normalized spacial score (nSPS) is 11.2. The van der Waals surface area contributed by atoms with Gasteiger partial charge in [0.1, 0.15) is 0 Å². The number of anilines is 1. The molecule has 20 heavy (non-hydrogen) atoms. The average Bonchev–Trinajstić information content (AvgIpc) is 2.94. The van der Waals surface area contributed by atoms with E-state index in [1.54, 1.807) is 0 Å². The first-order valence-corrected chi connectivity index (χ1v) is 7.37. The van der Waals surface area contributed by atoms with Crippen molar-refractivity contribution in [2.24, 2.45) is 5.92 Å². The number of nitrogens with one attached hydrogen (secondary N) is 1. The van der Waals surface area contributed by atoms with Crippen molar-refractivity contribution < 1.29 is 0 Å². The highest BCUT2D eigenvalue weighted by Gasteiger charge is 2.06. The molecule has 2 aromatic heterocycles. The second-order valence-electron chi connectivity index (χ2n) is 5.71. The summed E-state index contributed by atoms with van der Waals surface area (Å²) in [6.07, 6.45) is 7.22. The minimum Gasteiger partial charge on any atom is -0.378 e. The molecular weight excluding hydrogens is 250 g/mol. The Hall–Kier alpha value is -1.78. The predicted molar refractivity (Wildman–Crippen MR) is 81.6 cm³/mol. The summed E-state index contributed by atoms with van der Waals surface area (Å²) in [5.74, 6) is 0.606. The van der Waals surface area contributed by atoms with Crippen molar-refractivity contribution in [1.29, 1.82) is 0 Å². The van der Waals surface area contributed by atoms with Crippen LogP contribution < -0.4 is 5.32 Å². The molecule has 0 spiro atoms. The van der Waals surface area contributed by atoms with Crippen LogP contribution in [0.4, 0.5) is 5.69 Å². The van der Waals surface area contributed by atoms with Crippen molar-refractivity contribution in [2.75, 3.05) is 5.32 Å². The van der Waals surface area contributed by atoms with E-state index < -0.39 is 0 Å². The van der Waals surface area contributed by atoms with Crippen LogP contribution in [-0.4, -0.2) is 19.6 Å². The molecular formula is C15H25N5. The van der Waals surface area contributed by atoms with Gasteiger partial charge in [-0.05, 0) is 19.3 Å². The van der Waals surface area contributed by atoms with Crippen molar-refractivity contribution in [2.45, 2.75) is 53.8 Å². The Bertz CT molecular complexity index is 538. The van der Waals surface area contributed by atoms with Crippen LogP contribution in [0.25, 0.3) is 0 Å². The Labute approximate surface area is 121 Å². The smallest absolute Gasteiger partial charge is 0.0825 e. The molecule has 5 heteroatoms. The van der Waals surface area contributed by atoms with E-state index in [1.807, 2.05) is 22.5 Å². The molecule has 0 atom stereocenters. The van der Waals surface area contributed by atoms with Gasteiger partial charge in [-0.3, -0.25) is 9.36 Å². The van der Waals surface area contributed by atoms with E-state index in [0.717, 1.165) is 37.4 Å². The number of aryl methyl sites for hydroxylation is 2. The van der Waals surface area contributed by atoms with Gasteiger partial charge in [0.25, 0.3) is 0 Å². The molecule has 0 bridgehead atoms. The lowest BCUT2D eigenvalue weighted by Gasteiger charge is -2.04. The maximum atomic E-state index is 4.53. The van der Waals surface area contributed by atoms with Crippen molar-refractivity contribution in [3.63, 3.8) is 0 Å². The monoisotopic (exact) mass is 275 g/mol. The largest absolute Gasteiger partial charge is 0.378 e. The molecule has 0 saturated carbocycles. The quantitative estimate of drug-likeness (QED) is 0.844. The third kappa shape index (κ3) is 3.85. The molecule has 0 fully saturated rings. The van der Waals surface area contributed by atoms with Crippen molar-refractivity contribution in [1.82, 2.24) is 19.6 Å². The molecule has 0 radical (unpaired) electrons. The van der Waals surface area contributed by atoms with E-state index in [9.17, 15) is 0 Å². The van der Waals surface area contributed by atoms with E-state index in [0.29, 0.717) is 5.92 Å². The van der Waals surface area contributed by atoms with Crippen LogP contribution in [0.2, 0.25) is 0 Å². The maximum absolute atomic E-state index is 4.53. The van der Waals surface area contributed by atoms with E-state index in [4.69, 9.17) is 0 Å². The van der Waals surface area contributed by atoms with E-state index >= 15 is 0 Å². The molecule has 5 nitrogen and oxygen atoms in total. The van der Waals surface area contributed by atoms with Crippen molar-refractivity contribution in [3.8, 4) is 0 Å². The van der Waals surface area contributed by atoms with Crippen LogP contribution in [0.3, 0.4) is 0 Å². The number of aromatic nitrogens is 4. The van der Waals surface area contributed by atoms with Gasteiger partial charge in [-0.25, -0.2) is 0 Å². The van der Waals surface area contributed by atoms with Crippen molar-refractivity contribution in [3.05, 3.63) is 29.8 Å². The highest BCUT2D eigenvalue weighted by molar-refractivity contribution is 5.45. The fraction of sp³-hybridized carbons (Fsp3) is 0.600. The summed E-state index contributed by atoms with van der Waals surface area (Å²) in [5.41, 5.74) is 3.36. The van der Waals surface area contributed by atoms with Crippen LogP contribution in [0.15, 0.2) is 18.6 Å². The minimum absolute atomic E-state index is 0.606. The second kappa shape index (κ2) is 6.59. The van der Waals surface area contributed by atoms with Crippen LogP contribution in [0.1, 0.15) is 38.4 Å². The molecule has 1 N–H and O–H groups in total. The van der Waals surface area contributed by atoms with Gasteiger partial charge in [-0.2, -0.15) is 10.2 Å². The average molecular weight is 275 g/mol. The van der Waals surface area contributed by atoms with Gasteiger partial charge in [0.05, 0.1) is 17.6 Å². The van der Waals surface area contributed by atoms with Crippen LogP contribution in [-0.2, 0) is 19.6 Å². The van der Waals surface area contributed by atoms with Crippen LogP contribution in [0.5, 0.6) is 0 Å². The lowest BCUT2D eigenvalue weighted by Crippen LogP contribution is -2.04. The Kier molecular flexibility index (Phi) is 4.82. The Morgan fingerprint density at radius 3 is 2.75 bits per heavy atom. The summed E-state index contributed by atoms with van der Waals surface area (Å²) in [6, 6.07) is 0. The molecule has 2 heterocycles. The zero-order valence-electron chi connectivity index (χ0n) is 12.9. The first-order valence-electron chi connectivity index (χ1n) is 7.37. The first kappa shape index (κ1) is 14.6. The molecule has 0 aromatic carbocycles. The standard InChI is InChI=1S/C15H25N5/c1-5-6-19-10-14(8-17-19)7-16-15-11-20(9-12(2)3)18-13(15)4/h8,10-12,16H,5-7,9H2,1-4H3. The topological polar surface area (TPSA) is 47.7 Å².